The standard InChI is InChI=1S/C28H37ClN4O6/c1-16-10-11-19(18(3)14-16)24(25(36)32-23-17(2)8-7-9-20(23)29)33(12-13-34)26(37)21(15-22(30)35)31-27(38)39-28(4,5)6/h7-11,14,21,24,34H,12-13,15H2,1-6H3,(H2,30,35)(H,31,38)(H,32,36). The van der Waals surface area contributed by atoms with Gasteiger partial charge in [-0.3, -0.25) is 14.4 Å². The SMILES string of the molecule is Cc1ccc(C(C(=O)Nc2c(C)cccc2Cl)N(CCO)C(=O)C(CC(N)=O)NC(=O)OC(C)(C)C)c(C)c1. The molecule has 0 saturated heterocycles. The van der Waals surface area contributed by atoms with Gasteiger partial charge in [-0.1, -0.05) is 47.5 Å². The number of benzene rings is 2. The van der Waals surface area contributed by atoms with Crippen molar-refractivity contribution in [3.63, 3.8) is 0 Å². The maximum absolute atomic E-state index is 13.9. The van der Waals surface area contributed by atoms with Crippen LogP contribution in [0.25, 0.3) is 0 Å². The Labute approximate surface area is 233 Å². The Balaban J connectivity index is 2.60. The molecule has 2 aromatic rings. The minimum absolute atomic E-state index is 0.281. The summed E-state index contributed by atoms with van der Waals surface area (Å²) in [6, 6.07) is 7.81. The molecule has 212 valence electrons. The number of carbonyl (C=O) groups excluding carboxylic acids is 4. The molecule has 5 N–H and O–H groups in total. The van der Waals surface area contributed by atoms with E-state index in [9.17, 15) is 24.3 Å². The van der Waals surface area contributed by atoms with Crippen LogP contribution in [0, 0.1) is 20.8 Å². The van der Waals surface area contributed by atoms with Crippen LogP contribution in [-0.2, 0) is 19.1 Å². The largest absolute Gasteiger partial charge is 0.444 e. The number of anilines is 1. The van der Waals surface area contributed by atoms with E-state index in [0.717, 1.165) is 10.5 Å². The average Bonchev–Trinajstić information content (AvgIpc) is 2.80. The van der Waals surface area contributed by atoms with Gasteiger partial charge in [-0.05, 0) is 64.3 Å². The van der Waals surface area contributed by atoms with Gasteiger partial charge in [0, 0.05) is 6.54 Å². The summed E-state index contributed by atoms with van der Waals surface area (Å²) in [6.45, 7) is 9.62. The number of aliphatic hydroxyl groups is 1. The first kappa shape index (κ1) is 31.6. The summed E-state index contributed by atoms with van der Waals surface area (Å²) in [5, 5.41) is 15.4. The molecule has 0 saturated carbocycles. The maximum atomic E-state index is 13.9. The van der Waals surface area contributed by atoms with Crippen molar-refractivity contribution in [1.82, 2.24) is 10.2 Å². The van der Waals surface area contributed by atoms with Crippen LogP contribution in [0.15, 0.2) is 36.4 Å². The number of rotatable bonds is 10. The molecular formula is C28H37ClN4O6. The van der Waals surface area contributed by atoms with Crippen LogP contribution < -0.4 is 16.4 Å². The topological polar surface area (TPSA) is 151 Å². The van der Waals surface area contributed by atoms with Gasteiger partial charge in [0.1, 0.15) is 17.7 Å². The third-order valence-electron chi connectivity index (χ3n) is 5.77. The smallest absolute Gasteiger partial charge is 0.408 e. The highest BCUT2D eigenvalue weighted by molar-refractivity contribution is 6.34. The highest BCUT2D eigenvalue weighted by Gasteiger charge is 2.37. The van der Waals surface area contributed by atoms with Crippen LogP contribution >= 0.6 is 11.6 Å². The highest BCUT2D eigenvalue weighted by atomic mass is 35.5. The number of alkyl carbamates (subject to hydrolysis) is 1. The van der Waals surface area contributed by atoms with Gasteiger partial charge in [0.15, 0.2) is 0 Å². The van der Waals surface area contributed by atoms with E-state index >= 15 is 0 Å². The molecule has 11 heteroatoms. The molecule has 39 heavy (non-hydrogen) atoms. The molecule has 0 aromatic heterocycles. The van der Waals surface area contributed by atoms with Crippen molar-refractivity contribution >= 4 is 41.1 Å². The molecule has 4 amide bonds. The number of aliphatic hydroxyl groups excluding tert-OH is 1. The monoisotopic (exact) mass is 560 g/mol. The fourth-order valence-corrected chi connectivity index (χ4v) is 4.36. The number of halogens is 1. The van der Waals surface area contributed by atoms with E-state index < -0.39 is 54.5 Å². The molecule has 0 aliphatic rings. The molecule has 2 atom stereocenters. The van der Waals surface area contributed by atoms with Crippen LogP contribution in [-0.4, -0.2) is 58.6 Å². The predicted octanol–water partition coefficient (Wildman–Crippen LogP) is 3.53. The molecule has 2 rings (SSSR count). The molecule has 0 radical (unpaired) electrons. The number of nitrogens with two attached hydrogens (primary N) is 1. The van der Waals surface area contributed by atoms with Crippen LogP contribution in [0.5, 0.6) is 0 Å². The summed E-state index contributed by atoms with van der Waals surface area (Å²) >= 11 is 6.35. The summed E-state index contributed by atoms with van der Waals surface area (Å²) in [5.74, 6) is -2.26. The van der Waals surface area contributed by atoms with Gasteiger partial charge in [-0.2, -0.15) is 0 Å². The van der Waals surface area contributed by atoms with Gasteiger partial charge in [-0.15, -0.1) is 0 Å². The summed E-state index contributed by atoms with van der Waals surface area (Å²) < 4.78 is 5.25. The summed E-state index contributed by atoms with van der Waals surface area (Å²) in [7, 11) is 0. The zero-order valence-electron chi connectivity index (χ0n) is 23.1. The Morgan fingerprint density at radius 3 is 2.28 bits per heavy atom. The van der Waals surface area contributed by atoms with E-state index in [1.165, 1.54) is 0 Å². The molecule has 0 aliphatic carbocycles. The van der Waals surface area contributed by atoms with Crippen molar-refractivity contribution in [3.05, 3.63) is 63.7 Å². The fourth-order valence-electron chi connectivity index (χ4n) is 4.09. The summed E-state index contributed by atoms with van der Waals surface area (Å²) in [4.78, 5) is 53.3. The van der Waals surface area contributed by atoms with E-state index in [1.807, 2.05) is 13.0 Å². The first-order chi connectivity index (χ1) is 18.1. The zero-order chi connectivity index (χ0) is 29.5. The zero-order valence-corrected chi connectivity index (χ0v) is 23.9. The normalized spacial score (nSPS) is 12.7. The number of amides is 4. The first-order valence-corrected chi connectivity index (χ1v) is 12.8. The fraction of sp³-hybridized carbons (Fsp3) is 0.429. The summed E-state index contributed by atoms with van der Waals surface area (Å²) in [6.07, 6.45) is -1.49. The van der Waals surface area contributed by atoms with E-state index in [2.05, 4.69) is 10.6 Å². The van der Waals surface area contributed by atoms with Gasteiger partial charge >= 0.3 is 6.09 Å². The second-order valence-corrected chi connectivity index (χ2v) is 10.7. The van der Waals surface area contributed by atoms with Gasteiger partial charge < -0.3 is 31.1 Å². The number of hydrogen-bond acceptors (Lipinski definition) is 6. The number of nitrogens with zero attached hydrogens (tertiary/aromatic N) is 1. The molecule has 0 aliphatic heterocycles. The van der Waals surface area contributed by atoms with Crippen molar-refractivity contribution in [3.8, 4) is 0 Å². The van der Waals surface area contributed by atoms with E-state index in [0.29, 0.717) is 27.4 Å². The number of nitrogens with one attached hydrogen (secondary N) is 2. The molecule has 10 nitrogen and oxygen atoms in total. The Morgan fingerprint density at radius 1 is 1.08 bits per heavy atom. The third-order valence-corrected chi connectivity index (χ3v) is 6.08. The molecule has 0 heterocycles. The lowest BCUT2D eigenvalue weighted by Gasteiger charge is -2.34. The van der Waals surface area contributed by atoms with Gasteiger partial charge in [0.05, 0.1) is 23.7 Å². The second kappa shape index (κ2) is 13.4. The number of hydrogen-bond donors (Lipinski definition) is 4. The molecule has 0 spiro atoms. The Hall–Kier alpha value is -3.63. The van der Waals surface area contributed by atoms with Gasteiger partial charge in [0.25, 0.3) is 5.91 Å². The molecule has 2 aromatic carbocycles. The predicted molar refractivity (Wildman–Crippen MR) is 149 cm³/mol. The van der Waals surface area contributed by atoms with Gasteiger partial charge in [-0.25, -0.2) is 4.79 Å². The van der Waals surface area contributed by atoms with E-state index in [1.54, 1.807) is 65.0 Å². The number of carbonyl (C=O) groups is 4. The summed E-state index contributed by atoms with van der Waals surface area (Å²) in [5.41, 5.74) is 7.73. The van der Waals surface area contributed by atoms with E-state index in [4.69, 9.17) is 22.1 Å². The van der Waals surface area contributed by atoms with E-state index in [-0.39, 0.29) is 6.54 Å². The Kier molecular flexibility index (Phi) is 10.9. The molecule has 0 bridgehead atoms. The molecule has 2 unspecified atom stereocenters. The Bertz CT molecular complexity index is 1210. The van der Waals surface area contributed by atoms with Crippen molar-refractivity contribution in [2.75, 3.05) is 18.5 Å². The minimum Gasteiger partial charge on any atom is -0.444 e. The van der Waals surface area contributed by atoms with Crippen molar-refractivity contribution in [2.45, 2.75) is 65.6 Å². The number of aryl methyl sites for hydroxylation is 3. The number of ether oxygens (including phenoxy) is 1. The highest BCUT2D eigenvalue weighted by Crippen LogP contribution is 2.31. The minimum atomic E-state index is -1.45. The second-order valence-electron chi connectivity index (χ2n) is 10.3. The lowest BCUT2D eigenvalue weighted by Crippen LogP contribution is -2.54. The third kappa shape index (κ3) is 8.97. The van der Waals surface area contributed by atoms with Crippen molar-refractivity contribution in [2.24, 2.45) is 5.73 Å². The van der Waals surface area contributed by atoms with Gasteiger partial charge in [0.2, 0.25) is 11.8 Å². The number of primary amides is 1. The average molecular weight is 561 g/mol. The molecular weight excluding hydrogens is 524 g/mol. The molecule has 0 fully saturated rings. The quantitative estimate of drug-likeness (QED) is 0.349. The lowest BCUT2D eigenvalue weighted by molar-refractivity contribution is -0.142. The van der Waals surface area contributed by atoms with Crippen LogP contribution in [0.3, 0.4) is 0 Å². The number of para-hydroxylation sites is 1. The van der Waals surface area contributed by atoms with Crippen LogP contribution in [0.2, 0.25) is 5.02 Å². The van der Waals surface area contributed by atoms with Crippen LogP contribution in [0.1, 0.15) is 55.5 Å². The first-order valence-electron chi connectivity index (χ1n) is 12.5. The van der Waals surface area contributed by atoms with Crippen molar-refractivity contribution < 1.29 is 29.0 Å². The maximum Gasteiger partial charge on any atom is 0.408 e. The van der Waals surface area contributed by atoms with Crippen molar-refractivity contribution in [1.29, 1.82) is 0 Å². The Morgan fingerprint density at radius 2 is 1.74 bits per heavy atom. The lowest BCUT2D eigenvalue weighted by atomic mass is 9.96. The van der Waals surface area contributed by atoms with Crippen LogP contribution in [0.4, 0.5) is 10.5 Å².